The predicted molar refractivity (Wildman–Crippen MR) is 63.9 cm³/mol. The molecule has 0 radical (unpaired) electrons. The minimum atomic E-state index is -0.465. The van der Waals surface area contributed by atoms with Crippen molar-refractivity contribution in [3.05, 3.63) is 33.3 Å². The first-order valence-corrected chi connectivity index (χ1v) is 5.66. The van der Waals surface area contributed by atoms with E-state index in [1.165, 1.54) is 6.20 Å². The fourth-order valence-electron chi connectivity index (χ4n) is 1.09. The Morgan fingerprint density at radius 3 is 3.00 bits per heavy atom. The molecular weight excluding hydrogens is 311 g/mol. The van der Waals surface area contributed by atoms with Gasteiger partial charge in [-0.1, -0.05) is 16.8 Å². The Bertz CT molecular complexity index is 572. The van der Waals surface area contributed by atoms with Gasteiger partial charge in [0.25, 0.3) is 5.91 Å². The highest BCUT2D eigenvalue weighted by Crippen LogP contribution is 2.19. The van der Waals surface area contributed by atoms with E-state index in [1.54, 1.807) is 13.0 Å². The Morgan fingerprint density at radius 1 is 1.59 bits per heavy atom. The maximum absolute atomic E-state index is 11.8. The van der Waals surface area contributed by atoms with Crippen LogP contribution in [0.2, 0.25) is 5.15 Å². The largest absolute Gasteiger partial charge is 0.328 e. The van der Waals surface area contributed by atoms with Crippen LogP contribution < -0.4 is 5.32 Å². The molecule has 0 fully saturated rings. The summed E-state index contributed by atoms with van der Waals surface area (Å²) < 4.78 is 5.41. The fraction of sp³-hybridized carbons (Fsp3) is 0.111. The summed E-state index contributed by atoms with van der Waals surface area (Å²) in [7, 11) is 0. The number of carbonyl (C=O) groups is 1. The molecule has 17 heavy (non-hydrogen) atoms. The van der Waals surface area contributed by atoms with Gasteiger partial charge in [-0.05, 0) is 28.9 Å². The van der Waals surface area contributed by atoms with Crippen LogP contribution in [0.1, 0.15) is 16.2 Å². The van der Waals surface area contributed by atoms with Crippen LogP contribution in [0.15, 0.2) is 21.3 Å². The number of hydrogen-bond donors (Lipinski definition) is 1. The quantitative estimate of drug-likeness (QED) is 0.860. The van der Waals surface area contributed by atoms with Crippen molar-refractivity contribution >= 4 is 39.5 Å². The third-order valence-corrected chi connectivity index (χ3v) is 2.53. The van der Waals surface area contributed by atoms with E-state index < -0.39 is 5.91 Å². The van der Waals surface area contributed by atoms with Crippen LogP contribution >= 0.6 is 27.5 Å². The van der Waals surface area contributed by atoms with Crippen molar-refractivity contribution in [2.24, 2.45) is 0 Å². The Morgan fingerprint density at radius 2 is 2.35 bits per heavy atom. The molecule has 0 aliphatic carbocycles. The lowest BCUT2D eigenvalue weighted by molar-refractivity contribution is 0.102. The average molecular weight is 318 g/mol. The van der Waals surface area contributed by atoms with E-state index in [0.717, 1.165) is 0 Å². The van der Waals surface area contributed by atoms with Crippen molar-refractivity contribution in [2.75, 3.05) is 5.32 Å². The highest BCUT2D eigenvalue weighted by atomic mass is 79.9. The van der Waals surface area contributed by atoms with Gasteiger partial charge in [0.2, 0.25) is 0 Å². The first kappa shape index (κ1) is 12.0. The molecule has 1 N–H and O–H groups in total. The maximum atomic E-state index is 11.8. The number of rotatable bonds is 2. The molecule has 0 saturated carbocycles. The van der Waals surface area contributed by atoms with Crippen LogP contribution in [-0.2, 0) is 0 Å². The number of carbonyl (C=O) groups excluding carboxylic acids is 1. The molecule has 2 aromatic heterocycles. The van der Waals surface area contributed by atoms with Crippen molar-refractivity contribution < 1.29 is 9.32 Å². The zero-order valence-electron chi connectivity index (χ0n) is 8.57. The zero-order chi connectivity index (χ0) is 12.4. The number of halogens is 2. The van der Waals surface area contributed by atoms with Crippen LogP contribution in [0.3, 0.4) is 0 Å². The number of pyridine rings is 1. The third kappa shape index (κ3) is 2.80. The molecule has 2 rings (SSSR count). The number of aryl methyl sites for hydroxylation is 1. The topological polar surface area (TPSA) is 80.9 Å². The van der Waals surface area contributed by atoms with E-state index in [4.69, 9.17) is 16.1 Å². The summed E-state index contributed by atoms with van der Waals surface area (Å²) in [5, 5.41) is 6.07. The molecule has 0 saturated heterocycles. The van der Waals surface area contributed by atoms with E-state index in [1.807, 2.05) is 0 Å². The monoisotopic (exact) mass is 316 g/mol. The Hall–Kier alpha value is -1.47. The number of nitrogens with zero attached hydrogens (tertiary/aromatic N) is 3. The van der Waals surface area contributed by atoms with E-state index in [2.05, 4.69) is 36.4 Å². The van der Waals surface area contributed by atoms with Crippen LogP contribution in [0.4, 0.5) is 6.01 Å². The molecule has 2 aromatic rings. The minimum absolute atomic E-state index is 0.0172. The second-order valence-corrected chi connectivity index (χ2v) is 4.37. The number of anilines is 1. The molecule has 1 amide bonds. The van der Waals surface area contributed by atoms with Gasteiger partial charge < -0.3 is 4.52 Å². The van der Waals surface area contributed by atoms with Gasteiger partial charge in [-0.2, -0.15) is 4.98 Å². The number of hydrogen-bond acceptors (Lipinski definition) is 5. The lowest BCUT2D eigenvalue weighted by Gasteiger charge is -2.02. The normalized spacial score (nSPS) is 10.3. The third-order valence-electron chi connectivity index (χ3n) is 1.80. The second kappa shape index (κ2) is 4.80. The van der Waals surface area contributed by atoms with Gasteiger partial charge in [0.1, 0.15) is 5.15 Å². The smallest absolute Gasteiger partial charge is 0.315 e. The second-order valence-electron chi connectivity index (χ2n) is 3.09. The maximum Gasteiger partial charge on any atom is 0.328 e. The van der Waals surface area contributed by atoms with Crippen LogP contribution in [-0.4, -0.2) is 21.0 Å². The van der Waals surface area contributed by atoms with Crippen molar-refractivity contribution in [3.8, 4) is 0 Å². The molecule has 0 aromatic carbocycles. The fourth-order valence-corrected chi connectivity index (χ4v) is 1.61. The summed E-state index contributed by atoms with van der Waals surface area (Å²) >= 11 is 9.00. The first-order valence-electron chi connectivity index (χ1n) is 4.49. The summed E-state index contributed by atoms with van der Waals surface area (Å²) in [5.74, 6) is -0.0359. The van der Waals surface area contributed by atoms with Gasteiger partial charge in [0, 0.05) is 10.7 Å². The standard InChI is InChI=1S/C9H6BrClN4O2/c1-4-13-9(17-15-4)14-8(16)6-2-5(10)3-12-7(6)11/h2-3H,1H3,(H,13,14,15,16). The molecule has 0 unspecified atom stereocenters. The summed E-state index contributed by atoms with van der Waals surface area (Å²) in [5.41, 5.74) is 0.219. The van der Waals surface area contributed by atoms with Crippen molar-refractivity contribution in [1.82, 2.24) is 15.1 Å². The zero-order valence-corrected chi connectivity index (χ0v) is 10.9. The van der Waals surface area contributed by atoms with E-state index in [-0.39, 0.29) is 16.7 Å². The first-order chi connectivity index (χ1) is 8.06. The van der Waals surface area contributed by atoms with Gasteiger partial charge in [-0.3, -0.25) is 10.1 Å². The summed E-state index contributed by atoms with van der Waals surface area (Å²) in [6.07, 6.45) is 1.50. The van der Waals surface area contributed by atoms with Gasteiger partial charge in [0.15, 0.2) is 5.82 Å². The molecular formula is C9H6BrClN4O2. The molecule has 0 spiro atoms. The Kier molecular flexibility index (Phi) is 3.39. The van der Waals surface area contributed by atoms with Crippen molar-refractivity contribution in [2.45, 2.75) is 6.92 Å². The molecule has 0 bridgehead atoms. The predicted octanol–water partition coefficient (Wildman–Crippen LogP) is 2.44. The molecule has 88 valence electrons. The molecule has 0 atom stereocenters. The Balaban J connectivity index is 2.22. The van der Waals surface area contributed by atoms with E-state index in [9.17, 15) is 4.79 Å². The highest BCUT2D eigenvalue weighted by Gasteiger charge is 2.14. The molecule has 0 aliphatic rings. The lowest BCUT2D eigenvalue weighted by atomic mass is 10.3. The van der Waals surface area contributed by atoms with E-state index >= 15 is 0 Å². The minimum Gasteiger partial charge on any atom is -0.315 e. The summed E-state index contributed by atoms with van der Waals surface area (Å²) in [6, 6.07) is 1.57. The lowest BCUT2D eigenvalue weighted by Crippen LogP contribution is -2.13. The SMILES string of the molecule is Cc1noc(NC(=O)c2cc(Br)cnc2Cl)n1. The van der Waals surface area contributed by atoms with E-state index in [0.29, 0.717) is 10.3 Å². The number of amides is 1. The molecule has 2 heterocycles. The Labute approximate surface area is 110 Å². The average Bonchev–Trinajstić information content (AvgIpc) is 2.67. The van der Waals surface area contributed by atoms with Crippen LogP contribution in [0, 0.1) is 6.92 Å². The van der Waals surface area contributed by atoms with Gasteiger partial charge in [-0.25, -0.2) is 4.98 Å². The van der Waals surface area contributed by atoms with Crippen molar-refractivity contribution in [1.29, 1.82) is 0 Å². The summed E-state index contributed by atoms with van der Waals surface area (Å²) in [4.78, 5) is 19.5. The van der Waals surface area contributed by atoms with Crippen molar-refractivity contribution in [3.63, 3.8) is 0 Å². The number of aromatic nitrogens is 3. The molecule has 8 heteroatoms. The highest BCUT2D eigenvalue weighted by molar-refractivity contribution is 9.10. The van der Waals surface area contributed by atoms with Gasteiger partial charge >= 0.3 is 6.01 Å². The summed E-state index contributed by atoms with van der Waals surface area (Å²) in [6.45, 7) is 1.65. The molecule has 0 aliphatic heterocycles. The van der Waals surface area contributed by atoms with Crippen LogP contribution in [0.5, 0.6) is 0 Å². The van der Waals surface area contributed by atoms with Gasteiger partial charge in [-0.15, -0.1) is 0 Å². The molecule has 6 nitrogen and oxygen atoms in total. The van der Waals surface area contributed by atoms with Gasteiger partial charge in [0.05, 0.1) is 5.56 Å². The number of nitrogens with one attached hydrogen (secondary N) is 1. The van der Waals surface area contributed by atoms with Crippen LogP contribution in [0.25, 0.3) is 0 Å².